The monoisotopic (exact) mass is 364 g/mol. The quantitative estimate of drug-likeness (QED) is 0.355. The molecule has 0 spiro atoms. The van der Waals surface area contributed by atoms with E-state index in [1.807, 2.05) is 30.4 Å². The Labute approximate surface area is 161 Å². The zero-order valence-corrected chi connectivity index (χ0v) is 16.6. The minimum atomic E-state index is 0.705. The van der Waals surface area contributed by atoms with E-state index in [-0.39, 0.29) is 0 Å². The molecule has 0 saturated carbocycles. The van der Waals surface area contributed by atoms with Gasteiger partial charge >= 0.3 is 0 Å². The summed E-state index contributed by atoms with van der Waals surface area (Å²) in [4.78, 5) is 2.62. The van der Waals surface area contributed by atoms with E-state index in [4.69, 9.17) is 4.74 Å². The fourth-order valence-corrected chi connectivity index (χ4v) is 4.14. The highest BCUT2D eigenvalue weighted by molar-refractivity contribution is 7.18. The number of rotatable bonds is 9. The lowest BCUT2D eigenvalue weighted by molar-refractivity contribution is 0.340. The molecule has 2 heteroatoms. The molecule has 1 heterocycles. The van der Waals surface area contributed by atoms with Gasteiger partial charge in [-0.3, -0.25) is 0 Å². The van der Waals surface area contributed by atoms with Crippen LogP contribution in [0.15, 0.2) is 60.7 Å². The second-order valence-electron chi connectivity index (χ2n) is 6.63. The first-order chi connectivity index (χ1) is 12.8. The lowest BCUT2D eigenvalue weighted by Crippen LogP contribution is -1.90. The third-order valence-electron chi connectivity index (χ3n) is 4.61. The fraction of sp³-hybridized carbons (Fsp3) is 0.333. The molecule has 0 atom stereocenters. The van der Waals surface area contributed by atoms with Crippen molar-refractivity contribution in [2.24, 2.45) is 0 Å². The van der Waals surface area contributed by atoms with E-state index in [2.05, 4.69) is 55.5 Å². The zero-order valence-electron chi connectivity index (χ0n) is 15.8. The normalized spacial score (nSPS) is 10.8. The van der Waals surface area contributed by atoms with Gasteiger partial charge in [-0.25, -0.2) is 0 Å². The average molecular weight is 365 g/mol. The Bertz CT molecular complexity index is 784. The third-order valence-corrected chi connectivity index (χ3v) is 5.80. The summed E-state index contributed by atoms with van der Waals surface area (Å²) in [5.74, 6) is 0.933. The molecule has 0 amide bonds. The highest BCUT2D eigenvalue weighted by Crippen LogP contribution is 2.35. The summed E-state index contributed by atoms with van der Waals surface area (Å²) < 4.78 is 5.53. The van der Waals surface area contributed by atoms with E-state index in [9.17, 15) is 0 Å². The molecule has 1 nitrogen and oxygen atoms in total. The molecule has 2 aromatic carbocycles. The van der Waals surface area contributed by atoms with Crippen LogP contribution in [0.3, 0.4) is 0 Å². The predicted molar refractivity (Wildman–Crippen MR) is 114 cm³/mol. The van der Waals surface area contributed by atoms with Crippen LogP contribution >= 0.6 is 11.3 Å². The highest BCUT2D eigenvalue weighted by atomic mass is 32.1. The number of aryl methyl sites for hydroxylation is 1. The molecule has 0 radical (unpaired) electrons. The Morgan fingerprint density at radius 1 is 0.692 bits per heavy atom. The Morgan fingerprint density at radius 3 is 1.88 bits per heavy atom. The third kappa shape index (κ3) is 4.98. The Balaban J connectivity index is 1.65. The molecular formula is C24H28OS. The second kappa shape index (κ2) is 9.59. The molecule has 0 saturated heterocycles. The van der Waals surface area contributed by atoms with Crippen molar-refractivity contribution < 1.29 is 4.74 Å². The van der Waals surface area contributed by atoms with E-state index in [0.29, 0.717) is 6.61 Å². The van der Waals surface area contributed by atoms with Gasteiger partial charge < -0.3 is 4.74 Å². The number of unbranched alkanes of at least 4 members (excludes halogenated alkanes) is 3. The summed E-state index contributed by atoms with van der Waals surface area (Å²) in [6.07, 6.45) is 6.49. The lowest BCUT2D eigenvalue weighted by Gasteiger charge is -2.04. The van der Waals surface area contributed by atoms with E-state index in [1.165, 1.54) is 58.5 Å². The largest absolute Gasteiger partial charge is 0.494 e. The number of thiophene rings is 1. The maximum absolute atomic E-state index is 5.53. The molecule has 0 bridgehead atoms. The summed E-state index contributed by atoms with van der Waals surface area (Å²) in [7, 11) is 0. The summed E-state index contributed by atoms with van der Waals surface area (Å²) in [5.41, 5.74) is 4.01. The van der Waals surface area contributed by atoms with Gasteiger partial charge in [-0.1, -0.05) is 50.5 Å². The smallest absolute Gasteiger partial charge is 0.119 e. The number of hydrogen-bond acceptors (Lipinski definition) is 2. The molecule has 136 valence electrons. The summed E-state index contributed by atoms with van der Waals surface area (Å²) in [5, 5.41) is 0. The van der Waals surface area contributed by atoms with Gasteiger partial charge in [0.25, 0.3) is 0 Å². The molecule has 0 aliphatic rings. The van der Waals surface area contributed by atoms with Crippen LogP contribution in [0.25, 0.3) is 20.9 Å². The summed E-state index contributed by atoms with van der Waals surface area (Å²) in [6, 6.07) is 21.9. The first kappa shape index (κ1) is 18.7. The van der Waals surface area contributed by atoms with E-state index < -0.39 is 0 Å². The molecule has 0 N–H and O–H groups in total. The van der Waals surface area contributed by atoms with Crippen LogP contribution in [0.4, 0.5) is 0 Å². The van der Waals surface area contributed by atoms with Gasteiger partial charge in [0.2, 0.25) is 0 Å². The van der Waals surface area contributed by atoms with Gasteiger partial charge in [0, 0.05) is 9.75 Å². The number of benzene rings is 2. The van der Waals surface area contributed by atoms with Gasteiger partial charge in [-0.05, 0) is 72.9 Å². The lowest BCUT2D eigenvalue weighted by atomic mass is 10.0. The molecule has 1 aromatic heterocycles. The molecule has 3 aromatic rings. The average Bonchev–Trinajstić information content (AvgIpc) is 3.17. The van der Waals surface area contributed by atoms with Crippen LogP contribution in [0.1, 0.15) is 45.1 Å². The minimum absolute atomic E-state index is 0.705. The van der Waals surface area contributed by atoms with Gasteiger partial charge in [0.05, 0.1) is 6.61 Å². The van der Waals surface area contributed by atoms with E-state index in [0.717, 1.165) is 5.75 Å². The Hall–Kier alpha value is -2.06. The minimum Gasteiger partial charge on any atom is -0.494 e. The van der Waals surface area contributed by atoms with E-state index >= 15 is 0 Å². The van der Waals surface area contributed by atoms with Crippen molar-refractivity contribution in [3.8, 4) is 26.6 Å². The van der Waals surface area contributed by atoms with Gasteiger partial charge in [0.15, 0.2) is 0 Å². The van der Waals surface area contributed by atoms with Crippen molar-refractivity contribution in [2.75, 3.05) is 6.61 Å². The molecule has 26 heavy (non-hydrogen) atoms. The number of hydrogen-bond donors (Lipinski definition) is 0. The molecule has 0 unspecified atom stereocenters. The van der Waals surface area contributed by atoms with Crippen molar-refractivity contribution in [2.45, 2.75) is 46.0 Å². The van der Waals surface area contributed by atoms with Gasteiger partial charge in [-0.2, -0.15) is 0 Å². The molecule has 0 aliphatic heterocycles. The van der Waals surface area contributed by atoms with Crippen LogP contribution < -0.4 is 4.74 Å². The molecular weight excluding hydrogens is 336 g/mol. The Morgan fingerprint density at radius 2 is 1.31 bits per heavy atom. The molecule has 0 fully saturated rings. The topological polar surface area (TPSA) is 9.23 Å². The maximum atomic E-state index is 5.53. The van der Waals surface area contributed by atoms with Crippen molar-refractivity contribution in [3.05, 3.63) is 66.2 Å². The summed E-state index contributed by atoms with van der Waals surface area (Å²) >= 11 is 1.85. The van der Waals surface area contributed by atoms with Crippen molar-refractivity contribution >= 4 is 11.3 Å². The first-order valence-electron chi connectivity index (χ1n) is 9.72. The highest BCUT2D eigenvalue weighted by Gasteiger charge is 2.06. The zero-order chi connectivity index (χ0) is 18.2. The number of ether oxygens (including phenoxy) is 1. The summed E-state index contributed by atoms with van der Waals surface area (Å²) in [6.45, 7) is 4.98. The molecule has 3 rings (SSSR count). The van der Waals surface area contributed by atoms with Gasteiger partial charge in [-0.15, -0.1) is 11.3 Å². The fourth-order valence-electron chi connectivity index (χ4n) is 3.12. The van der Waals surface area contributed by atoms with Crippen LogP contribution in [0.2, 0.25) is 0 Å². The Kier molecular flexibility index (Phi) is 6.90. The van der Waals surface area contributed by atoms with E-state index in [1.54, 1.807) is 0 Å². The maximum Gasteiger partial charge on any atom is 0.119 e. The van der Waals surface area contributed by atoms with Crippen LogP contribution in [0.5, 0.6) is 5.75 Å². The van der Waals surface area contributed by atoms with Crippen LogP contribution in [-0.4, -0.2) is 6.61 Å². The van der Waals surface area contributed by atoms with Crippen molar-refractivity contribution in [3.63, 3.8) is 0 Å². The predicted octanol–water partition coefficient (Wildman–Crippen LogP) is 7.60. The standard InChI is InChI=1S/C24H28OS/c1-3-5-6-7-8-19-9-11-20(12-10-19)23-17-18-24(26-23)21-13-15-22(16-14-21)25-4-2/h9-18H,3-8H2,1-2H3. The van der Waals surface area contributed by atoms with Crippen molar-refractivity contribution in [1.82, 2.24) is 0 Å². The van der Waals surface area contributed by atoms with Crippen LogP contribution in [0, 0.1) is 0 Å². The van der Waals surface area contributed by atoms with Crippen LogP contribution in [-0.2, 0) is 6.42 Å². The molecule has 0 aliphatic carbocycles. The first-order valence-corrected chi connectivity index (χ1v) is 10.5. The van der Waals surface area contributed by atoms with Crippen molar-refractivity contribution in [1.29, 1.82) is 0 Å². The van der Waals surface area contributed by atoms with Gasteiger partial charge in [0.1, 0.15) is 5.75 Å². The second-order valence-corrected chi connectivity index (χ2v) is 7.71. The SMILES string of the molecule is CCCCCCc1ccc(-c2ccc(-c3ccc(OCC)cc3)s2)cc1.